The van der Waals surface area contributed by atoms with Crippen molar-refractivity contribution in [2.24, 2.45) is 0 Å². The van der Waals surface area contributed by atoms with E-state index in [1.54, 1.807) is 12.4 Å². The maximum atomic E-state index is 12.0. The van der Waals surface area contributed by atoms with Crippen LogP contribution in [0, 0.1) is 0 Å². The quantitative estimate of drug-likeness (QED) is 0.779. The molecule has 4 heteroatoms. The lowest BCUT2D eigenvalue weighted by atomic mass is 10.0. The highest BCUT2D eigenvalue weighted by molar-refractivity contribution is 9.10. The predicted molar refractivity (Wildman–Crippen MR) is 74.1 cm³/mol. The van der Waals surface area contributed by atoms with Crippen LogP contribution in [0.2, 0.25) is 0 Å². The van der Waals surface area contributed by atoms with Gasteiger partial charge in [0.1, 0.15) is 0 Å². The van der Waals surface area contributed by atoms with Crippen molar-refractivity contribution in [3.8, 4) is 0 Å². The van der Waals surface area contributed by atoms with Gasteiger partial charge >= 0.3 is 0 Å². The van der Waals surface area contributed by atoms with Gasteiger partial charge in [0.05, 0.1) is 0 Å². The van der Waals surface area contributed by atoms with Crippen LogP contribution < -0.4 is 0 Å². The van der Waals surface area contributed by atoms with Crippen molar-refractivity contribution in [2.75, 3.05) is 0 Å². The molecule has 0 fully saturated rings. The van der Waals surface area contributed by atoms with E-state index >= 15 is 0 Å². The molecule has 0 aliphatic rings. The number of Topliss-reactive ketones (excluding diaryl/α,β-unsaturated/α-hetero) is 1. The smallest absolute Gasteiger partial charge is 0.167 e. The highest BCUT2D eigenvalue weighted by atomic mass is 79.9. The summed E-state index contributed by atoms with van der Waals surface area (Å²) in [6, 6.07) is 9.28. The second-order valence-electron chi connectivity index (χ2n) is 3.62. The first-order valence-corrected chi connectivity index (χ1v) is 6.62. The minimum Gasteiger partial charge on any atom is -0.294 e. The fraction of sp³-hybridized carbons (Fsp3) is 0.0769. The summed E-state index contributed by atoms with van der Waals surface area (Å²) in [6.07, 6.45) is 3.78. The molecule has 0 saturated heterocycles. The van der Waals surface area contributed by atoms with Crippen LogP contribution in [0.3, 0.4) is 0 Å². The van der Waals surface area contributed by atoms with Crippen molar-refractivity contribution in [3.05, 3.63) is 62.8 Å². The van der Waals surface area contributed by atoms with E-state index in [9.17, 15) is 4.79 Å². The zero-order valence-corrected chi connectivity index (χ0v) is 12.0. The van der Waals surface area contributed by atoms with Crippen LogP contribution in [0.5, 0.6) is 0 Å². The van der Waals surface area contributed by atoms with E-state index in [0.717, 1.165) is 14.5 Å². The number of carbonyl (C=O) groups excluding carboxylic acids is 1. The van der Waals surface area contributed by atoms with E-state index in [-0.39, 0.29) is 5.78 Å². The Morgan fingerprint density at radius 1 is 1.06 bits per heavy atom. The Hall–Kier alpha value is -1.00. The lowest BCUT2D eigenvalue weighted by molar-refractivity contribution is 0.0993. The summed E-state index contributed by atoms with van der Waals surface area (Å²) in [4.78, 5) is 16.0. The molecule has 86 valence electrons. The molecule has 0 radical (unpaired) electrons. The van der Waals surface area contributed by atoms with Crippen molar-refractivity contribution >= 4 is 37.6 Å². The zero-order valence-electron chi connectivity index (χ0n) is 8.86. The molecule has 0 atom stereocenters. The van der Waals surface area contributed by atoms with Gasteiger partial charge < -0.3 is 0 Å². The first-order valence-electron chi connectivity index (χ1n) is 5.03. The van der Waals surface area contributed by atoms with E-state index < -0.39 is 0 Å². The number of rotatable bonds is 3. The number of aromatic nitrogens is 1. The van der Waals surface area contributed by atoms with Gasteiger partial charge in [0, 0.05) is 33.3 Å². The molecule has 1 aromatic carbocycles. The van der Waals surface area contributed by atoms with Gasteiger partial charge in [0.2, 0.25) is 0 Å². The fourth-order valence-electron chi connectivity index (χ4n) is 1.48. The van der Waals surface area contributed by atoms with Gasteiger partial charge in [-0.1, -0.05) is 28.1 Å². The van der Waals surface area contributed by atoms with Gasteiger partial charge in [0.15, 0.2) is 5.78 Å². The van der Waals surface area contributed by atoms with E-state index in [2.05, 4.69) is 36.8 Å². The molecule has 0 aliphatic heterocycles. The Labute approximate surface area is 116 Å². The summed E-state index contributed by atoms with van der Waals surface area (Å²) < 4.78 is 1.86. The first kappa shape index (κ1) is 12.5. The van der Waals surface area contributed by atoms with Gasteiger partial charge in [-0.05, 0) is 39.7 Å². The molecular weight excluding hydrogens is 346 g/mol. The topological polar surface area (TPSA) is 30.0 Å². The number of benzene rings is 1. The van der Waals surface area contributed by atoms with Crippen LogP contribution in [0.15, 0.2) is 51.7 Å². The van der Waals surface area contributed by atoms with E-state index in [1.807, 2.05) is 30.3 Å². The molecule has 2 nitrogen and oxygen atoms in total. The van der Waals surface area contributed by atoms with E-state index in [1.165, 1.54) is 0 Å². The second kappa shape index (κ2) is 5.56. The molecule has 1 heterocycles. The Morgan fingerprint density at radius 3 is 2.41 bits per heavy atom. The summed E-state index contributed by atoms with van der Waals surface area (Å²) in [5.41, 5.74) is 1.63. The third kappa shape index (κ3) is 3.48. The monoisotopic (exact) mass is 353 g/mol. The zero-order chi connectivity index (χ0) is 12.3. The highest BCUT2D eigenvalue weighted by Crippen LogP contribution is 2.14. The molecule has 0 bridgehead atoms. The number of pyridine rings is 1. The van der Waals surface area contributed by atoms with Crippen molar-refractivity contribution in [1.29, 1.82) is 0 Å². The molecule has 2 aromatic rings. The number of halogens is 2. The van der Waals surface area contributed by atoms with Crippen LogP contribution in [-0.2, 0) is 6.42 Å². The van der Waals surface area contributed by atoms with E-state index in [4.69, 9.17) is 0 Å². The maximum absolute atomic E-state index is 12.0. The summed E-state index contributed by atoms with van der Waals surface area (Å²) in [5.74, 6) is 0.0948. The molecule has 0 spiro atoms. The lowest BCUT2D eigenvalue weighted by Gasteiger charge is -2.02. The molecule has 2 rings (SSSR count). The summed E-state index contributed by atoms with van der Waals surface area (Å²) >= 11 is 6.68. The standard InChI is InChI=1S/C13H9Br2NO/c14-11-3-1-10(2-4-11)13(17)6-9-5-12(15)8-16-7-9/h1-5,7-8H,6H2. The summed E-state index contributed by atoms with van der Waals surface area (Å²) in [5, 5.41) is 0. The summed E-state index contributed by atoms with van der Waals surface area (Å²) in [6.45, 7) is 0. The predicted octanol–water partition coefficient (Wildman–Crippen LogP) is 4.03. The van der Waals surface area contributed by atoms with Crippen LogP contribution in [-0.4, -0.2) is 10.8 Å². The fourth-order valence-corrected chi connectivity index (χ4v) is 2.15. The molecule has 0 amide bonds. The van der Waals surface area contributed by atoms with Crippen LogP contribution in [0.25, 0.3) is 0 Å². The number of ketones is 1. The third-order valence-corrected chi connectivity index (χ3v) is 3.25. The molecule has 0 unspecified atom stereocenters. The SMILES string of the molecule is O=C(Cc1cncc(Br)c1)c1ccc(Br)cc1. The maximum Gasteiger partial charge on any atom is 0.167 e. The third-order valence-electron chi connectivity index (χ3n) is 2.29. The highest BCUT2D eigenvalue weighted by Gasteiger charge is 2.07. The van der Waals surface area contributed by atoms with Gasteiger partial charge in [-0.25, -0.2) is 0 Å². The first-order chi connectivity index (χ1) is 8.15. The molecule has 1 aromatic heterocycles. The van der Waals surface area contributed by atoms with Crippen molar-refractivity contribution in [1.82, 2.24) is 4.98 Å². The molecular formula is C13H9Br2NO. The average Bonchev–Trinajstić information content (AvgIpc) is 2.29. The minimum atomic E-state index is 0.0948. The van der Waals surface area contributed by atoms with Crippen LogP contribution >= 0.6 is 31.9 Å². The normalized spacial score (nSPS) is 10.2. The molecule has 0 N–H and O–H groups in total. The molecule has 0 aliphatic carbocycles. The van der Waals surface area contributed by atoms with Gasteiger partial charge in [-0.15, -0.1) is 0 Å². The Bertz CT molecular complexity index is 537. The van der Waals surface area contributed by atoms with Gasteiger partial charge in [0.25, 0.3) is 0 Å². The minimum absolute atomic E-state index is 0.0948. The number of hydrogen-bond donors (Lipinski definition) is 0. The van der Waals surface area contributed by atoms with Crippen molar-refractivity contribution in [2.45, 2.75) is 6.42 Å². The van der Waals surface area contributed by atoms with Gasteiger partial charge in [-0.2, -0.15) is 0 Å². The summed E-state index contributed by atoms with van der Waals surface area (Å²) in [7, 11) is 0. The lowest BCUT2D eigenvalue weighted by Crippen LogP contribution is -2.03. The molecule has 0 saturated carbocycles. The average molecular weight is 355 g/mol. The van der Waals surface area contributed by atoms with E-state index in [0.29, 0.717) is 12.0 Å². The Morgan fingerprint density at radius 2 is 1.76 bits per heavy atom. The Kier molecular flexibility index (Phi) is 4.07. The van der Waals surface area contributed by atoms with Crippen LogP contribution in [0.4, 0.5) is 0 Å². The number of hydrogen-bond acceptors (Lipinski definition) is 2. The van der Waals surface area contributed by atoms with Crippen molar-refractivity contribution < 1.29 is 4.79 Å². The Balaban J connectivity index is 2.14. The number of nitrogens with zero attached hydrogens (tertiary/aromatic N) is 1. The molecule has 17 heavy (non-hydrogen) atoms. The largest absolute Gasteiger partial charge is 0.294 e. The van der Waals surface area contributed by atoms with Gasteiger partial charge in [-0.3, -0.25) is 9.78 Å². The van der Waals surface area contributed by atoms with Crippen LogP contribution in [0.1, 0.15) is 15.9 Å². The number of carbonyl (C=O) groups is 1. The van der Waals surface area contributed by atoms with Crippen molar-refractivity contribution in [3.63, 3.8) is 0 Å². The second-order valence-corrected chi connectivity index (χ2v) is 5.45.